The van der Waals surface area contributed by atoms with Crippen LogP contribution in [0.15, 0.2) is 30.6 Å². The normalized spacial score (nSPS) is 10.4. The van der Waals surface area contributed by atoms with Crippen LogP contribution in [0.2, 0.25) is 5.02 Å². The van der Waals surface area contributed by atoms with Crippen LogP contribution in [0.4, 0.5) is 10.1 Å². The molecule has 0 radical (unpaired) electrons. The summed E-state index contributed by atoms with van der Waals surface area (Å²) in [6, 6.07) is 4.21. The lowest BCUT2D eigenvalue weighted by Gasteiger charge is -2.07. The van der Waals surface area contributed by atoms with E-state index in [1.54, 1.807) is 16.8 Å². The molecule has 2 heterocycles. The summed E-state index contributed by atoms with van der Waals surface area (Å²) in [5.41, 5.74) is 0.883. The smallest absolute Gasteiger partial charge is 0.272 e. The van der Waals surface area contributed by atoms with Crippen LogP contribution < -0.4 is 5.32 Å². The van der Waals surface area contributed by atoms with Crippen LogP contribution >= 0.6 is 11.6 Å². The topological polar surface area (TPSA) is 46.9 Å². The molecule has 0 saturated heterocycles. The standard InChI is InChI=1S/C12H11ClFN3O/c1-2-17-7-8(13)5-10(17)12(18)16-9-3-4-11(14)15-6-9/h3-7H,2H2,1H3,(H,16,18). The van der Waals surface area contributed by atoms with Crippen molar-refractivity contribution in [2.45, 2.75) is 13.5 Å². The number of amides is 1. The molecule has 4 nitrogen and oxygen atoms in total. The molecule has 0 aliphatic rings. The van der Waals surface area contributed by atoms with Crippen molar-refractivity contribution in [1.82, 2.24) is 9.55 Å². The molecule has 2 aromatic rings. The van der Waals surface area contributed by atoms with Gasteiger partial charge < -0.3 is 9.88 Å². The van der Waals surface area contributed by atoms with Gasteiger partial charge in [-0.25, -0.2) is 4.98 Å². The molecule has 0 aliphatic heterocycles. The van der Waals surface area contributed by atoms with E-state index in [2.05, 4.69) is 10.3 Å². The third-order valence-corrected chi connectivity index (χ3v) is 2.63. The Morgan fingerprint density at radius 3 is 2.94 bits per heavy atom. The Morgan fingerprint density at radius 2 is 2.33 bits per heavy atom. The van der Waals surface area contributed by atoms with Crippen molar-refractivity contribution in [3.05, 3.63) is 47.3 Å². The first-order valence-electron chi connectivity index (χ1n) is 5.38. The predicted molar refractivity (Wildman–Crippen MR) is 67.3 cm³/mol. The van der Waals surface area contributed by atoms with Gasteiger partial charge in [0, 0.05) is 12.7 Å². The fourth-order valence-corrected chi connectivity index (χ4v) is 1.79. The minimum absolute atomic E-state index is 0.308. The van der Waals surface area contributed by atoms with Crippen LogP contribution in [0.25, 0.3) is 0 Å². The number of hydrogen-bond donors (Lipinski definition) is 1. The molecular formula is C12H11ClFN3O. The van der Waals surface area contributed by atoms with Gasteiger partial charge in [-0.2, -0.15) is 4.39 Å². The molecule has 94 valence electrons. The van der Waals surface area contributed by atoms with E-state index in [9.17, 15) is 9.18 Å². The number of rotatable bonds is 3. The number of pyridine rings is 1. The fourth-order valence-electron chi connectivity index (χ4n) is 1.57. The minimum Gasteiger partial charge on any atom is -0.342 e. The van der Waals surface area contributed by atoms with Gasteiger partial charge in [-0.05, 0) is 25.1 Å². The Labute approximate surface area is 108 Å². The van der Waals surface area contributed by atoms with Crippen molar-refractivity contribution in [1.29, 1.82) is 0 Å². The average molecular weight is 268 g/mol. The van der Waals surface area contributed by atoms with Gasteiger partial charge in [-0.1, -0.05) is 11.6 Å². The first-order chi connectivity index (χ1) is 8.60. The molecular weight excluding hydrogens is 257 g/mol. The van der Waals surface area contributed by atoms with Gasteiger partial charge in [-0.3, -0.25) is 4.79 Å². The summed E-state index contributed by atoms with van der Waals surface area (Å²) in [6.07, 6.45) is 2.94. The van der Waals surface area contributed by atoms with E-state index in [1.165, 1.54) is 18.3 Å². The summed E-state index contributed by atoms with van der Waals surface area (Å²) < 4.78 is 14.4. The molecule has 0 fully saturated rings. The van der Waals surface area contributed by atoms with Gasteiger partial charge in [0.15, 0.2) is 0 Å². The maximum absolute atomic E-state index is 12.6. The number of hydrogen-bond acceptors (Lipinski definition) is 2. The summed E-state index contributed by atoms with van der Waals surface area (Å²) in [7, 11) is 0. The highest BCUT2D eigenvalue weighted by Crippen LogP contribution is 2.16. The summed E-state index contributed by atoms with van der Waals surface area (Å²) in [6.45, 7) is 2.55. The van der Waals surface area contributed by atoms with Crippen molar-refractivity contribution in [2.75, 3.05) is 5.32 Å². The third kappa shape index (κ3) is 2.68. The third-order valence-electron chi connectivity index (χ3n) is 2.42. The zero-order chi connectivity index (χ0) is 13.1. The summed E-state index contributed by atoms with van der Waals surface area (Å²) in [5, 5.41) is 3.13. The lowest BCUT2D eigenvalue weighted by Crippen LogP contribution is -2.16. The lowest BCUT2D eigenvalue weighted by molar-refractivity contribution is 0.101. The second-order valence-electron chi connectivity index (χ2n) is 3.65. The van der Waals surface area contributed by atoms with E-state index in [0.29, 0.717) is 22.9 Å². The van der Waals surface area contributed by atoms with Crippen LogP contribution in [-0.4, -0.2) is 15.5 Å². The summed E-state index contributed by atoms with van der Waals surface area (Å²) >= 11 is 5.85. The first kappa shape index (κ1) is 12.6. The number of nitrogens with zero attached hydrogens (tertiary/aromatic N) is 2. The quantitative estimate of drug-likeness (QED) is 0.869. The van der Waals surface area contributed by atoms with E-state index in [-0.39, 0.29) is 5.91 Å². The Hall–Kier alpha value is -1.88. The number of nitrogens with one attached hydrogen (secondary N) is 1. The minimum atomic E-state index is -0.590. The first-order valence-corrected chi connectivity index (χ1v) is 5.76. The van der Waals surface area contributed by atoms with Crippen LogP contribution in [0.3, 0.4) is 0 Å². The van der Waals surface area contributed by atoms with E-state index in [0.717, 1.165) is 0 Å². The highest BCUT2D eigenvalue weighted by Gasteiger charge is 2.12. The Morgan fingerprint density at radius 1 is 1.56 bits per heavy atom. The molecule has 1 amide bonds. The molecule has 2 rings (SSSR count). The molecule has 0 atom stereocenters. The zero-order valence-corrected chi connectivity index (χ0v) is 10.4. The van der Waals surface area contributed by atoms with Gasteiger partial charge in [-0.15, -0.1) is 0 Å². The zero-order valence-electron chi connectivity index (χ0n) is 9.65. The molecule has 6 heteroatoms. The molecule has 0 saturated carbocycles. The van der Waals surface area contributed by atoms with E-state index < -0.39 is 5.95 Å². The molecule has 0 spiro atoms. The fraction of sp³-hybridized carbons (Fsp3) is 0.167. The van der Waals surface area contributed by atoms with Crippen molar-refractivity contribution < 1.29 is 9.18 Å². The van der Waals surface area contributed by atoms with Crippen LogP contribution in [0, 0.1) is 5.95 Å². The van der Waals surface area contributed by atoms with Crippen molar-refractivity contribution in [3.63, 3.8) is 0 Å². The molecule has 2 aromatic heterocycles. The number of aromatic nitrogens is 2. The van der Waals surface area contributed by atoms with Crippen molar-refractivity contribution in [3.8, 4) is 0 Å². The van der Waals surface area contributed by atoms with E-state index in [4.69, 9.17) is 11.6 Å². The predicted octanol–water partition coefficient (Wildman–Crippen LogP) is 2.95. The molecule has 0 unspecified atom stereocenters. The second kappa shape index (κ2) is 5.18. The van der Waals surface area contributed by atoms with Gasteiger partial charge in [0.05, 0.1) is 16.9 Å². The summed E-state index contributed by atoms with van der Waals surface area (Å²) in [5.74, 6) is -0.898. The molecule has 1 N–H and O–H groups in total. The van der Waals surface area contributed by atoms with E-state index in [1.807, 2.05) is 6.92 Å². The van der Waals surface area contributed by atoms with Gasteiger partial charge in [0.2, 0.25) is 5.95 Å². The molecule has 0 aliphatic carbocycles. The van der Waals surface area contributed by atoms with E-state index >= 15 is 0 Å². The van der Waals surface area contributed by atoms with Crippen LogP contribution in [0.5, 0.6) is 0 Å². The highest BCUT2D eigenvalue weighted by molar-refractivity contribution is 6.31. The largest absolute Gasteiger partial charge is 0.342 e. The number of halogens is 2. The van der Waals surface area contributed by atoms with Crippen molar-refractivity contribution in [2.24, 2.45) is 0 Å². The number of carbonyl (C=O) groups excluding carboxylic acids is 1. The molecule has 18 heavy (non-hydrogen) atoms. The van der Waals surface area contributed by atoms with Gasteiger partial charge >= 0.3 is 0 Å². The Balaban J connectivity index is 2.19. The lowest BCUT2D eigenvalue weighted by atomic mass is 10.3. The SMILES string of the molecule is CCn1cc(Cl)cc1C(=O)Nc1ccc(F)nc1. The van der Waals surface area contributed by atoms with Gasteiger partial charge in [0.1, 0.15) is 5.69 Å². The maximum Gasteiger partial charge on any atom is 0.272 e. The van der Waals surface area contributed by atoms with Gasteiger partial charge in [0.25, 0.3) is 5.91 Å². The Bertz CT molecular complexity index is 565. The molecule has 0 bridgehead atoms. The highest BCUT2D eigenvalue weighted by atomic mass is 35.5. The number of anilines is 1. The number of aryl methyl sites for hydroxylation is 1. The van der Waals surface area contributed by atoms with Crippen molar-refractivity contribution >= 4 is 23.2 Å². The maximum atomic E-state index is 12.6. The average Bonchev–Trinajstić information content (AvgIpc) is 2.73. The second-order valence-corrected chi connectivity index (χ2v) is 4.09. The van der Waals surface area contributed by atoms with Crippen LogP contribution in [0.1, 0.15) is 17.4 Å². The summed E-state index contributed by atoms with van der Waals surface area (Å²) in [4.78, 5) is 15.4. The molecule has 0 aromatic carbocycles. The Kier molecular flexibility index (Phi) is 3.62. The number of carbonyl (C=O) groups is 1. The monoisotopic (exact) mass is 267 g/mol. The van der Waals surface area contributed by atoms with Crippen LogP contribution in [-0.2, 0) is 6.54 Å².